The number of aromatic hydroxyl groups is 1. The van der Waals surface area contributed by atoms with Crippen LogP contribution in [0.2, 0.25) is 5.02 Å². The standard InChI is InChI=1S/C77H74ClN9O8/c1-3-63-64-40-62(28-29-68(64)83-70-65(63)49-87-69(70)41-67-66(72(87)89)50-94-75(92)77(67,93)4-2)95-73(90)53-22-20-51(21-23-53)42-86(74(91)76(31-10-5-11-32-76)56-24-26-57(78)27-25-56)37-30-52-38-54(43-84(45-58-16-6-12-33-79-58)46-59-17-7-13-34-80-59)71(88)55(39-52)44-85(47-60-18-8-14-35-81-60)48-61-19-9-15-36-82-61/h6-9,12-29,33-36,38-41,88,93H,3-5,10-11,30-32,37,42-50H2,1-2H3/t77-/m0/s1. The molecule has 95 heavy (non-hydrogen) atoms. The minimum atomic E-state index is -1.95. The van der Waals surface area contributed by atoms with Gasteiger partial charge in [-0.15, -0.1) is 0 Å². The molecule has 482 valence electrons. The van der Waals surface area contributed by atoms with E-state index in [4.69, 9.17) is 46.0 Å². The first-order valence-electron chi connectivity index (χ1n) is 32.6. The number of nitrogens with zero attached hydrogens (tertiary/aromatic N) is 9. The van der Waals surface area contributed by atoms with Crippen LogP contribution < -0.4 is 10.3 Å². The summed E-state index contributed by atoms with van der Waals surface area (Å²) in [5.41, 5.74) is 8.91. The van der Waals surface area contributed by atoms with Gasteiger partial charge in [-0.25, -0.2) is 14.6 Å². The lowest BCUT2D eigenvalue weighted by molar-refractivity contribution is -0.172. The molecule has 13 rings (SSSR count). The molecule has 10 aromatic rings. The minimum Gasteiger partial charge on any atom is -0.507 e. The molecule has 1 amide bonds. The van der Waals surface area contributed by atoms with E-state index in [1.165, 1.54) is 0 Å². The van der Waals surface area contributed by atoms with Crippen LogP contribution >= 0.6 is 11.6 Å². The molecule has 17 nitrogen and oxygen atoms in total. The summed E-state index contributed by atoms with van der Waals surface area (Å²) in [5.74, 6) is -0.833. The summed E-state index contributed by atoms with van der Waals surface area (Å²) < 4.78 is 13.0. The average molecular weight is 1290 g/mol. The molecule has 0 bridgehead atoms. The molecule has 4 aromatic carbocycles. The number of carbonyl (C=O) groups excluding carboxylic acids is 3. The molecule has 0 unspecified atom stereocenters. The van der Waals surface area contributed by atoms with Crippen LogP contribution in [0.3, 0.4) is 0 Å². The van der Waals surface area contributed by atoms with Gasteiger partial charge in [-0.2, -0.15) is 0 Å². The molecule has 0 radical (unpaired) electrons. The Labute approximate surface area is 556 Å². The Morgan fingerprint density at radius 3 is 1.77 bits per heavy atom. The van der Waals surface area contributed by atoms with Crippen molar-refractivity contribution in [1.82, 2.24) is 44.2 Å². The molecule has 1 saturated carbocycles. The van der Waals surface area contributed by atoms with Crippen LogP contribution in [0.25, 0.3) is 22.3 Å². The van der Waals surface area contributed by atoms with Crippen LogP contribution in [0, 0.1) is 0 Å². The van der Waals surface area contributed by atoms with E-state index in [9.17, 15) is 24.6 Å². The number of hydrogen-bond acceptors (Lipinski definition) is 15. The molecular weight excluding hydrogens is 1210 g/mol. The number of esters is 2. The Morgan fingerprint density at radius 2 is 1.23 bits per heavy atom. The fourth-order valence-electron chi connectivity index (χ4n) is 14.0. The predicted octanol–water partition coefficient (Wildman–Crippen LogP) is 12.7. The van der Waals surface area contributed by atoms with Crippen LogP contribution in [-0.2, 0) is 97.1 Å². The molecule has 3 aliphatic rings. The van der Waals surface area contributed by atoms with E-state index in [-0.39, 0.29) is 54.5 Å². The lowest BCUT2D eigenvalue weighted by atomic mass is 9.68. The summed E-state index contributed by atoms with van der Waals surface area (Å²) in [6.07, 6.45) is 12.4. The van der Waals surface area contributed by atoms with Crippen LogP contribution in [0.1, 0.15) is 136 Å². The van der Waals surface area contributed by atoms with E-state index >= 15 is 4.79 Å². The lowest BCUT2D eigenvalue weighted by Crippen LogP contribution is -2.48. The second-order valence-electron chi connectivity index (χ2n) is 25.1. The molecule has 1 fully saturated rings. The number of rotatable bonds is 23. The highest BCUT2D eigenvalue weighted by Gasteiger charge is 2.46. The molecule has 2 N–H and O–H groups in total. The van der Waals surface area contributed by atoms with Crippen molar-refractivity contribution in [2.75, 3.05) is 6.54 Å². The normalized spacial score (nSPS) is 15.5. The van der Waals surface area contributed by atoms with Gasteiger partial charge in [0.2, 0.25) is 5.91 Å². The van der Waals surface area contributed by atoms with E-state index in [0.29, 0.717) is 105 Å². The molecule has 8 heterocycles. The number of cyclic esters (lactones) is 1. The second-order valence-corrected chi connectivity index (χ2v) is 25.5. The van der Waals surface area contributed by atoms with Crippen LogP contribution in [0.4, 0.5) is 0 Å². The maximum absolute atomic E-state index is 16.0. The largest absolute Gasteiger partial charge is 0.507 e. The third kappa shape index (κ3) is 13.7. The average Bonchev–Trinajstić information content (AvgIpc) is 1.53. The van der Waals surface area contributed by atoms with Gasteiger partial charge in [0.15, 0.2) is 5.60 Å². The molecular formula is C77H74ClN9O8. The Bertz CT molecular complexity index is 4310. The third-order valence-corrected chi connectivity index (χ3v) is 19.2. The summed E-state index contributed by atoms with van der Waals surface area (Å²) in [6.45, 7) is 7.01. The minimum absolute atomic E-state index is 0.0174. The van der Waals surface area contributed by atoms with Gasteiger partial charge in [0.25, 0.3) is 5.56 Å². The highest BCUT2D eigenvalue weighted by Crippen LogP contribution is 2.44. The topological polar surface area (TPSA) is 206 Å². The van der Waals surface area contributed by atoms with Gasteiger partial charge in [0, 0.05) is 110 Å². The monoisotopic (exact) mass is 1290 g/mol. The van der Waals surface area contributed by atoms with Crippen molar-refractivity contribution >= 4 is 40.3 Å². The van der Waals surface area contributed by atoms with Crippen molar-refractivity contribution in [2.45, 2.75) is 135 Å². The maximum atomic E-state index is 16.0. The number of phenols is 1. The number of ether oxygens (including phenoxy) is 2. The maximum Gasteiger partial charge on any atom is 0.343 e. The number of amides is 1. The first kappa shape index (κ1) is 64.0. The Balaban J connectivity index is 0.805. The van der Waals surface area contributed by atoms with Gasteiger partial charge in [-0.05, 0) is 151 Å². The quantitative estimate of drug-likeness (QED) is 0.0451. The number of phenolic OH excluding ortho intramolecular Hbond substituents is 1. The van der Waals surface area contributed by atoms with Crippen LogP contribution in [-0.4, -0.2) is 78.8 Å². The number of fused-ring (bicyclic) bond motifs is 5. The fraction of sp³-hybridized carbons (Fsp3) is 0.286. The summed E-state index contributed by atoms with van der Waals surface area (Å²) in [5, 5.41) is 25.5. The number of aromatic nitrogens is 6. The van der Waals surface area contributed by atoms with Crippen molar-refractivity contribution in [1.29, 1.82) is 0 Å². The Kier molecular flexibility index (Phi) is 18.9. The van der Waals surface area contributed by atoms with Gasteiger partial charge in [0.1, 0.15) is 18.1 Å². The Hall–Kier alpha value is -9.78. The second kappa shape index (κ2) is 28.0. The van der Waals surface area contributed by atoms with Crippen LogP contribution in [0.5, 0.6) is 11.5 Å². The van der Waals surface area contributed by atoms with Crippen molar-refractivity contribution in [3.8, 4) is 22.9 Å². The van der Waals surface area contributed by atoms with E-state index in [0.717, 1.165) is 86.4 Å². The van der Waals surface area contributed by atoms with E-state index < -0.39 is 23.0 Å². The van der Waals surface area contributed by atoms with Crippen molar-refractivity contribution in [3.05, 3.63) is 276 Å². The number of halogens is 1. The lowest BCUT2D eigenvalue weighted by Gasteiger charge is -2.40. The molecule has 1 aliphatic carbocycles. The Morgan fingerprint density at radius 1 is 0.653 bits per heavy atom. The van der Waals surface area contributed by atoms with Crippen molar-refractivity contribution < 1.29 is 34.1 Å². The molecule has 2 aliphatic heterocycles. The zero-order valence-corrected chi connectivity index (χ0v) is 54.1. The highest BCUT2D eigenvalue weighted by molar-refractivity contribution is 6.30. The zero-order chi connectivity index (χ0) is 65.6. The smallest absolute Gasteiger partial charge is 0.343 e. The highest BCUT2D eigenvalue weighted by atomic mass is 35.5. The van der Waals surface area contributed by atoms with Crippen molar-refractivity contribution in [2.24, 2.45) is 0 Å². The number of aliphatic hydroxyl groups is 1. The van der Waals surface area contributed by atoms with Crippen LogP contribution in [0.15, 0.2) is 187 Å². The van der Waals surface area contributed by atoms with E-state index in [1.54, 1.807) is 72.7 Å². The fourth-order valence-corrected chi connectivity index (χ4v) is 14.2. The van der Waals surface area contributed by atoms with Crippen molar-refractivity contribution in [3.63, 3.8) is 0 Å². The first-order chi connectivity index (χ1) is 46.2. The molecule has 0 saturated heterocycles. The van der Waals surface area contributed by atoms with Gasteiger partial charge in [-0.3, -0.25) is 39.3 Å². The molecule has 0 spiro atoms. The van der Waals surface area contributed by atoms with Gasteiger partial charge in [-0.1, -0.05) is 105 Å². The summed E-state index contributed by atoms with van der Waals surface area (Å²) >= 11 is 6.52. The number of hydrogen-bond donors (Lipinski definition) is 2. The van der Waals surface area contributed by atoms with E-state index in [1.807, 2.05) is 121 Å². The predicted molar refractivity (Wildman–Crippen MR) is 362 cm³/mol. The first-order valence-corrected chi connectivity index (χ1v) is 33.0. The number of pyridine rings is 6. The summed E-state index contributed by atoms with van der Waals surface area (Å²) in [7, 11) is 0. The molecule has 1 atom stereocenters. The van der Waals surface area contributed by atoms with E-state index in [2.05, 4.69) is 21.9 Å². The number of carbonyl (C=O) groups is 3. The number of aryl methyl sites for hydroxylation is 1. The van der Waals surface area contributed by atoms with Gasteiger partial charge in [0.05, 0.1) is 62.8 Å². The van der Waals surface area contributed by atoms with Gasteiger partial charge >= 0.3 is 11.9 Å². The molecule has 6 aromatic heterocycles. The zero-order valence-electron chi connectivity index (χ0n) is 53.3. The summed E-state index contributed by atoms with van der Waals surface area (Å²) in [6, 6.07) is 49.6. The van der Waals surface area contributed by atoms with Gasteiger partial charge < -0.3 is 29.2 Å². The third-order valence-electron chi connectivity index (χ3n) is 18.9. The number of benzene rings is 4. The molecule has 18 heteroatoms. The SMILES string of the molecule is CCc1c2c(nc3ccc(OC(=O)c4ccc(CN(CCc5cc(CN(Cc6ccccn6)Cc6ccccn6)c(O)c(CN(Cc6ccccn6)Cc6ccccn6)c5)C(=O)C5(c6ccc(Cl)cc6)CCCCC5)cc4)cc13)-c1cc3c(c(=O)n1C2)COC(=O)[C@]3(O)CC. The summed E-state index contributed by atoms with van der Waals surface area (Å²) in [4.78, 5) is 87.2.